The predicted octanol–water partition coefficient (Wildman–Crippen LogP) is 5.92. The zero-order valence-corrected chi connectivity index (χ0v) is 21.8. The van der Waals surface area contributed by atoms with Crippen molar-refractivity contribution in [3.8, 4) is 5.75 Å². The number of benzene rings is 1. The summed E-state index contributed by atoms with van der Waals surface area (Å²) in [6.07, 6.45) is 9.57. The van der Waals surface area contributed by atoms with Crippen LogP contribution in [0.1, 0.15) is 84.6 Å². The smallest absolute Gasteiger partial charge is 0.169 e. The van der Waals surface area contributed by atoms with Crippen molar-refractivity contribution >= 4 is 5.78 Å². The molecule has 0 aromatic heterocycles. The van der Waals surface area contributed by atoms with Crippen molar-refractivity contribution in [2.45, 2.75) is 97.1 Å². The fraction of sp³-hybridized carbons (Fsp3) is 0.700. The third-order valence-corrected chi connectivity index (χ3v) is 10.6. The summed E-state index contributed by atoms with van der Waals surface area (Å²) in [4.78, 5) is 12.9. The lowest BCUT2D eigenvalue weighted by atomic mass is 9.46. The molecule has 0 aliphatic heterocycles. The Morgan fingerprint density at radius 1 is 1.03 bits per heavy atom. The van der Waals surface area contributed by atoms with Gasteiger partial charge in [-0.25, -0.2) is 0 Å². The summed E-state index contributed by atoms with van der Waals surface area (Å²) in [6, 6.07) is 6.97. The number of phenols is 1. The van der Waals surface area contributed by atoms with E-state index in [1.807, 2.05) is 19.1 Å². The number of ether oxygens (including phenoxy) is 2. The number of carbonyl (C=O) groups is 1. The van der Waals surface area contributed by atoms with E-state index >= 15 is 0 Å². The van der Waals surface area contributed by atoms with Crippen molar-refractivity contribution < 1.29 is 24.5 Å². The predicted molar refractivity (Wildman–Crippen MR) is 135 cm³/mol. The van der Waals surface area contributed by atoms with Crippen molar-refractivity contribution in [3.05, 3.63) is 41.5 Å². The van der Waals surface area contributed by atoms with Gasteiger partial charge in [0.05, 0.1) is 6.61 Å². The van der Waals surface area contributed by atoms with Gasteiger partial charge in [0.15, 0.2) is 11.6 Å². The lowest BCUT2D eigenvalue weighted by molar-refractivity contribution is -0.232. The molecule has 0 amide bonds. The van der Waals surface area contributed by atoms with E-state index in [2.05, 4.69) is 19.9 Å². The topological polar surface area (TPSA) is 76.0 Å². The quantitative estimate of drug-likeness (QED) is 0.389. The molecule has 35 heavy (non-hydrogen) atoms. The first-order chi connectivity index (χ1) is 16.6. The van der Waals surface area contributed by atoms with Crippen LogP contribution in [0.25, 0.3) is 0 Å². The number of hydrogen-bond donors (Lipinski definition) is 2. The van der Waals surface area contributed by atoms with Gasteiger partial charge in [0.1, 0.15) is 11.4 Å². The molecule has 4 aliphatic rings. The molecular weight excluding hydrogens is 440 g/mol. The van der Waals surface area contributed by atoms with Gasteiger partial charge in [-0.15, -0.1) is 0 Å². The minimum atomic E-state index is -1.15. The fourth-order valence-corrected chi connectivity index (χ4v) is 8.71. The van der Waals surface area contributed by atoms with Crippen LogP contribution in [0.3, 0.4) is 0 Å². The SMILES string of the molecule is CCO[C@@]1(C(C)=O)CCC2C3CC=C4C[C@@](O)(OCc5ccc(O)cc5)CC[C@]4(C)C3CC[C@@]21C. The Labute approximate surface area is 209 Å². The molecule has 0 heterocycles. The van der Waals surface area contributed by atoms with Crippen molar-refractivity contribution in [2.24, 2.45) is 28.6 Å². The van der Waals surface area contributed by atoms with Crippen LogP contribution < -0.4 is 0 Å². The Bertz CT molecular complexity index is 1000. The van der Waals surface area contributed by atoms with Gasteiger partial charge in [0, 0.05) is 24.9 Å². The largest absolute Gasteiger partial charge is 0.508 e. The second-order valence-corrected chi connectivity index (χ2v) is 12.1. The summed E-state index contributed by atoms with van der Waals surface area (Å²) in [6.45, 7) is 9.40. The van der Waals surface area contributed by atoms with Crippen LogP contribution in [-0.2, 0) is 20.9 Å². The maximum absolute atomic E-state index is 12.9. The Hall–Kier alpha value is -1.69. The van der Waals surface area contributed by atoms with E-state index in [1.54, 1.807) is 19.1 Å². The number of Topliss-reactive ketones (excluding diaryl/α,β-unsaturated/α-hetero) is 1. The second kappa shape index (κ2) is 8.71. The van der Waals surface area contributed by atoms with Gasteiger partial charge in [0.2, 0.25) is 0 Å². The lowest BCUT2D eigenvalue weighted by Crippen LogP contribution is -2.58. The van der Waals surface area contributed by atoms with E-state index in [1.165, 1.54) is 5.57 Å². The maximum atomic E-state index is 12.9. The highest BCUT2D eigenvalue weighted by atomic mass is 16.6. The highest BCUT2D eigenvalue weighted by Crippen LogP contribution is 2.68. The third kappa shape index (κ3) is 3.81. The third-order valence-electron chi connectivity index (χ3n) is 10.6. The average molecular weight is 483 g/mol. The number of rotatable bonds is 6. The van der Waals surface area contributed by atoms with Gasteiger partial charge in [-0.2, -0.15) is 0 Å². The molecule has 5 heteroatoms. The Balaban J connectivity index is 1.35. The zero-order chi connectivity index (χ0) is 25.1. The molecule has 0 radical (unpaired) electrons. The number of carbonyl (C=O) groups excluding carboxylic acids is 1. The van der Waals surface area contributed by atoms with Crippen LogP contribution in [-0.4, -0.2) is 34.0 Å². The van der Waals surface area contributed by atoms with Crippen LogP contribution >= 0.6 is 0 Å². The van der Waals surface area contributed by atoms with Crippen LogP contribution in [0.15, 0.2) is 35.9 Å². The van der Waals surface area contributed by atoms with Gasteiger partial charge in [-0.05, 0) is 93.2 Å². The molecule has 5 nitrogen and oxygen atoms in total. The summed E-state index contributed by atoms with van der Waals surface area (Å²) in [5, 5.41) is 20.9. The van der Waals surface area contributed by atoms with Crippen molar-refractivity contribution in [3.63, 3.8) is 0 Å². The van der Waals surface area contributed by atoms with Gasteiger partial charge in [-0.3, -0.25) is 4.79 Å². The number of aromatic hydroxyl groups is 1. The number of phenolic OH excluding ortho intramolecular Hbond substituents is 1. The number of hydrogen-bond acceptors (Lipinski definition) is 5. The minimum absolute atomic E-state index is 0.0749. The molecular formula is C30H42O5. The summed E-state index contributed by atoms with van der Waals surface area (Å²) in [7, 11) is 0. The molecule has 192 valence electrons. The van der Waals surface area contributed by atoms with E-state index in [0.717, 1.165) is 44.1 Å². The highest BCUT2D eigenvalue weighted by Gasteiger charge is 2.66. The van der Waals surface area contributed by atoms with Crippen LogP contribution in [0.2, 0.25) is 0 Å². The molecule has 1 aromatic carbocycles. The van der Waals surface area contributed by atoms with Gasteiger partial charge in [0.25, 0.3) is 0 Å². The fourth-order valence-electron chi connectivity index (χ4n) is 8.71. The lowest BCUT2D eigenvalue weighted by Gasteiger charge is -2.60. The van der Waals surface area contributed by atoms with Crippen LogP contribution in [0, 0.1) is 28.6 Å². The Morgan fingerprint density at radius 2 is 1.74 bits per heavy atom. The number of allylic oxidation sites excluding steroid dienone is 1. The molecule has 1 aromatic rings. The first-order valence-corrected chi connectivity index (χ1v) is 13.6. The maximum Gasteiger partial charge on any atom is 0.169 e. The van der Waals surface area contributed by atoms with E-state index in [-0.39, 0.29) is 22.4 Å². The van der Waals surface area contributed by atoms with Crippen molar-refractivity contribution in [1.82, 2.24) is 0 Å². The van der Waals surface area contributed by atoms with Gasteiger partial charge in [-0.1, -0.05) is 37.6 Å². The standard InChI is InChI=1S/C30H42O5/c1-5-34-30(20(2)31)15-13-26-24-11-8-22-18-29(33,35-19-21-6-9-23(32)10-7-21)17-16-27(22,3)25(24)12-14-28(26,30)4/h6-10,24-26,32-33H,5,11-19H2,1-4H3/t24?,25?,26?,27-,28-,29-,30+/m0/s1. The minimum Gasteiger partial charge on any atom is -0.508 e. The number of ketones is 1. The molecule has 4 aliphatic carbocycles. The van der Waals surface area contributed by atoms with E-state index in [0.29, 0.717) is 43.8 Å². The first kappa shape index (κ1) is 25.0. The van der Waals surface area contributed by atoms with Crippen molar-refractivity contribution in [1.29, 1.82) is 0 Å². The molecule has 2 N–H and O–H groups in total. The summed E-state index contributed by atoms with van der Waals surface area (Å²) in [5.41, 5.74) is 1.64. The summed E-state index contributed by atoms with van der Waals surface area (Å²) < 4.78 is 12.4. The van der Waals surface area contributed by atoms with Gasteiger partial charge >= 0.3 is 0 Å². The first-order valence-electron chi connectivity index (χ1n) is 13.6. The van der Waals surface area contributed by atoms with Crippen molar-refractivity contribution in [2.75, 3.05) is 6.61 Å². The van der Waals surface area contributed by atoms with Gasteiger partial charge < -0.3 is 19.7 Å². The molecule has 3 saturated carbocycles. The van der Waals surface area contributed by atoms with E-state index < -0.39 is 11.4 Å². The molecule has 0 bridgehead atoms. The molecule has 0 spiro atoms. The molecule has 3 unspecified atom stereocenters. The molecule has 7 atom stereocenters. The zero-order valence-electron chi connectivity index (χ0n) is 21.8. The molecule has 5 rings (SSSR count). The highest BCUT2D eigenvalue weighted by molar-refractivity contribution is 5.86. The van der Waals surface area contributed by atoms with E-state index in [4.69, 9.17) is 9.47 Å². The normalized spacial score (nSPS) is 42.5. The van der Waals surface area contributed by atoms with Crippen LogP contribution in [0.5, 0.6) is 5.75 Å². The molecule has 0 saturated heterocycles. The number of fused-ring (bicyclic) bond motifs is 5. The Morgan fingerprint density at radius 3 is 2.43 bits per heavy atom. The summed E-state index contributed by atoms with van der Waals surface area (Å²) in [5.74, 6) is 0.925. The number of aliphatic hydroxyl groups is 1. The second-order valence-electron chi connectivity index (χ2n) is 12.1. The monoisotopic (exact) mass is 482 g/mol. The average Bonchev–Trinajstić information content (AvgIpc) is 3.13. The Kier molecular flexibility index (Phi) is 6.22. The molecule has 3 fully saturated rings. The van der Waals surface area contributed by atoms with Crippen LogP contribution in [0.4, 0.5) is 0 Å². The summed E-state index contributed by atoms with van der Waals surface area (Å²) >= 11 is 0. The van der Waals surface area contributed by atoms with E-state index in [9.17, 15) is 15.0 Å².